The SMILES string of the molecule is Cn1c(Cc2cccs2)nnc1SCC(=O)Nc1nnc(-c2ccccc2)o1. The number of carbonyl (C=O) groups excluding carboxylic acids is 1. The first-order valence-corrected chi connectivity index (χ1v) is 10.3. The fraction of sp³-hybridized carbons (Fsp3) is 0.167. The summed E-state index contributed by atoms with van der Waals surface area (Å²) in [6.45, 7) is 0. The van der Waals surface area contributed by atoms with Crippen LogP contribution >= 0.6 is 23.1 Å². The highest BCUT2D eigenvalue weighted by Crippen LogP contribution is 2.21. The molecule has 8 nitrogen and oxygen atoms in total. The lowest BCUT2D eigenvalue weighted by atomic mass is 10.2. The maximum atomic E-state index is 12.2. The number of aromatic nitrogens is 5. The Labute approximate surface area is 169 Å². The molecule has 0 radical (unpaired) electrons. The van der Waals surface area contributed by atoms with E-state index in [0.717, 1.165) is 17.8 Å². The third-order valence-corrected chi connectivity index (χ3v) is 5.76. The van der Waals surface area contributed by atoms with Crippen LogP contribution in [0.1, 0.15) is 10.7 Å². The molecule has 3 heterocycles. The molecule has 0 fully saturated rings. The predicted molar refractivity (Wildman–Crippen MR) is 107 cm³/mol. The highest BCUT2D eigenvalue weighted by atomic mass is 32.2. The van der Waals surface area contributed by atoms with Gasteiger partial charge in [-0.3, -0.25) is 10.1 Å². The minimum atomic E-state index is -0.254. The molecule has 0 spiro atoms. The summed E-state index contributed by atoms with van der Waals surface area (Å²) >= 11 is 2.98. The molecule has 0 atom stereocenters. The number of amides is 1. The number of thioether (sulfide) groups is 1. The summed E-state index contributed by atoms with van der Waals surface area (Å²) in [6.07, 6.45) is 0.720. The number of hydrogen-bond donors (Lipinski definition) is 1. The van der Waals surface area contributed by atoms with Gasteiger partial charge in [-0.05, 0) is 23.6 Å². The monoisotopic (exact) mass is 412 g/mol. The molecular formula is C18H16N6O2S2. The van der Waals surface area contributed by atoms with Crippen LogP contribution in [0, 0.1) is 0 Å². The van der Waals surface area contributed by atoms with Crippen LogP contribution in [-0.4, -0.2) is 36.6 Å². The van der Waals surface area contributed by atoms with Gasteiger partial charge in [-0.15, -0.1) is 26.6 Å². The Morgan fingerprint density at radius 2 is 2.00 bits per heavy atom. The van der Waals surface area contributed by atoms with Crippen molar-refractivity contribution in [2.24, 2.45) is 7.05 Å². The Balaban J connectivity index is 1.33. The molecule has 0 unspecified atom stereocenters. The lowest BCUT2D eigenvalue weighted by Gasteiger charge is -2.03. The number of hydrogen-bond acceptors (Lipinski definition) is 8. The van der Waals surface area contributed by atoms with Crippen LogP contribution in [0.2, 0.25) is 0 Å². The molecule has 4 rings (SSSR count). The van der Waals surface area contributed by atoms with E-state index < -0.39 is 0 Å². The van der Waals surface area contributed by atoms with Gasteiger partial charge in [0.05, 0.1) is 5.75 Å². The second-order valence-corrected chi connectivity index (χ2v) is 7.80. The van der Waals surface area contributed by atoms with Crippen molar-refractivity contribution >= 4 is 35.0 Å². The second-order valence-electron chi connectivity index (χ2n) is 5.83. The molecule has 1 aromatic carbocycles. The molecular weight excluding hydrogens is 396 g/mol. The van der Waals surface area contributed by atoms with Crippen molar-refractivity contribution < 1.29 is 9.21 Å². The summed E-state index contributed by atoms with van der Waals surface area (Å²) in [5, 5.41) is 21.5. The van der Waals surface area contributed by atoms with Crippen LogP contribution < -0.4 is 5.32 Å². The summed E-state index contributed by atoms with van der Waals surface area (Å²) in [7, 11) is 1.90. The first-order chi connectivity index (χ1) is 13.7. The van der Waals surface area contributed by atoms with Gasteiger partial charge >= 0.3 is 6.01 Å². The quantitative estimate of drug-likeness (QED) is 0.465. The average Bonchev–Trinajstić information content (AvgIpc) is 3.45. The van der Waals surface area contributed by atoms with Gasteiger partial charge in [-0.25, -0.2) is 0 Å². The number of thiophene rings is 1. The van der Waals surface area contributed by atoms with E-state index in [1.54, 1.807) is 11.3 Å². The highest BCUT2D eigenvalue weighted by Gasteiger charge is 2.14. The fourth-order valence-corrected chi connectivity index (χ4v) is 3.88. The van der Waals surface area contributed by atoms with Crippen molar-refractivity contribution in [3.8, 4) is 11.5 Å². The molecule has 28 heavy (non-hydrogen) atoms. The summed E-state index contributed by atoms with van der Waals surface area (Å²) in [6, 6.07) is 13.5. The van der Waals surface area contributed by atoms with Crippen LogP contribution in [-0.2, 0) is 18.3 Å². The molecule has 3 aromatic heterocycles. The van der Waals surface area contributed by atoms with E-state index in [2.05, 4.69) is 31.8 Å². The maximum absolute atomic E-state index is 12.2. The lowest BCUT2D eigenvalue weighted by molar-refractivity contribution is -0.113. The van der Waals surface area contributed by atoms with Gasteiger partial charge < -0.3 is 8.98 Å². The fourth-order valence-electron chi connectivity index (χ4n) is 2.45. The molecule has 1 N–H and O–H groups in total. The van der Waals surface area contributed by atoms with E-state index in [0.29, 0.717) is 11.0 Å². The van der Waals surface area contributed by atoms with Gasteiger partial charge in [0, 0.05) is 23.9 Å². The number of benzene rings is 1. The first kappa shape index (κ1) is 18.4. The van der Waals surface area contributed by atoms with E-state index in [1.807, 2.05) is 53.4 Å². The number of nitrogens with one attached hydrogen (secondary N) is 1. The molecule has 0 aliphatic carbocycles. The van der Waals surface area contributed by atoms with E-state index >= 15 is 0 Å². The van der Waals surface area contributed by atoms with Gasteiger partial charge in [0.25, 0.3) is 0 Å². The standard InChI is InChI=1S/C18H16N6O2S2/c1-24-14(10-13-8-5-9-27-13)20-23-18(24)28-11-15(25)19-17-22-21-16(26-17)12-6-3-2-4-7-12/h2-9H,10-11H2,1H3,(H,19,22,25). The van der Waals surface area contributed by atoms with Crippen LogP contribution in [0.15, 0.2) is 57.4 Å². The van der Waals surface area contributed by atoms with Crippen molar-refractivity contribution in [1.29, 1.82) is 0 Å². The van der Waals surface area contributed by atoms with Crippen LogP contribution in [0.4, 0.5) is 6.01 Å². The summed E-state index contributed by atoms with van der Waals surface area (Å²) in [5.41, 5.74) is 0.794. The van der Waals surface area contributed by atoms with Crippen molar-refractivity contribution in [1.82, 2.24) is 25.0 Å². The molecule has 0 aliphatic heterocycles. The minimum Gasteiger partial charge on any atom is -0.403 e. The van der Waals surface area contributed by atoms with Crippen molar-refractivity contribution in [3.05, 3.63) is 58.5 Å². The van der Waals surface area contributed by atoms with E-state index in [4.69, 9.17) is 4.42 Å². The number of rotatable bonds is 7. The van der Waals surface area contributed by atoms with Gasteiger partial charge in [-0.2, -0.15) is 0 Å². The number of nitrogens with zero attached hydrogens (tertiary/aromatic N) is 5. The molecule has 1 amide bonds. The zero-order chi connectivity index (χ0) is 19.3. The smallest absolute Gasteiger partial charge is 0.322 e. The first-order valence-electron chi connectivity index (χ1n) is 8.41. The Kier molecular flexibility index (Phi) is 5.49. The van der Waals surface area contributed by atoms with Crippen molar-refractivity contribution in [3.63, 3.8) is 0 Å². The highest BCUT2D eigenvalue weighted by molar-refractivity contribution is 7.99. The zero-order valence-corrected chi connectivity index (χ0v) is 16.5. The van der Waals surface area contributed by atoms with E-state index in [9.17, 15) is 4.79 Å². The van der Waals surface area contributed by atoms with Gasteiger partial charge in [0.15, 0.2) is 5.16 Å². The van der Waals surface area contributed by atoms with Crippen LogP contribution in [0.5, 0.6) is 0 Å². The maximum Gasteiger partial charge on any atom is 0.322 e. The normalized spacial score (nSPS) is 10.9. The average molecular weight is 413 g/mol. The molecule has 0 saturated carbocycles. The lowest BCUT2D eigenvalue weighted by Crippen LogP contribution is -2.14. The van der Waals surface area contributed by atoms with Crippen LogP contribution in [0.25, 0.3) is 11.5 Å². The van der Waals surface area contributed by atoms with Gasteiger partial charge in [0.1, 0.15) is 5.82 Å². The summed E-state index contributed by atoms with van der Waals surface area (Å²) < 4.78 is 7.38. The van der Waals surface area contributed by atoms with E-state index in [-0.39, 0.29) is 17.7 Å². The molecule has 0 bridgehead atoms. The predicted octanol–water partition coefficient (Wildman–Crippen LogP) is 3.25. The third kappa shape index (κ3) is 4.29. The Hall–Kier alpha value is -2.98. The molecule has 0 saturated heterocycles. The van der Waals surface area contributed by atoms with Crippen molar-refractivity contribution in [2.45, 2.75) is 11.6 Å². The third-order valence-electron chi connectivity index (χ3n) is 3.86. The second kappa shape index (κ2) is 8.36. The topological polar surface area (TPSA) is 98.7 Å². The Morgan fingerprint density at radius 1 is 1.14 bits per heavy atom. The molecule has 4 aromatic rings. The minimum absolute atomic E-state index is 0.0702. The van der Waals surface area contributed by atoms with E-state index in [1.165, 1.54) is 16.6 Å². The van der Waals surface area contributed by atoms with Gasteiger partial charge in [0.2, 0.25) is 11.8 Å². The number of carbonyl (C=O) groups is 1. The molecule has 0 aliphatic rings. The number of anilines is 1. The zero-order valence-electron chi connectivity index (χ0n) is 14.9. The van der Waals surface area contributed by atoms with Gasteiger partial charge in [-0.1, -0.05) is 41.1 Å². The molecule has 142 valence electrons. The summed E-state index contributed by atoms with van der Waals surface area (Å²) in [5.74, 6) is 1.12. The largest absolute Gasteiger partial charge is 0.403 e. The molecule has 10 heteroatoms. The Morgan fingerprint density at radius 3 is 2.79 bits per heavy atom. The van der Waals surface area contributed by atoms with Crippen molar-refractivity contribution in [2.75, 3.05) is 11.1 Å². The summed E-state index contributed by atoms with van der Waals surface area (Å²) in [4.78, 5) is 13.4. The Bertz CT molecular complexity index is 1060. The van der Waals surface area contributed by atoms with Crippen LogP contribution in [0.3, 0.4) is 0 Å².